The average molecular weight is 546 g/mol. The molecule has 1 aliphatic heterocycles. The highest BCUT2D eigenvalue weighted by Crippen LogP contribution is 2.32. The van der Waals surface area contributed by atoms with Gasteiger partial charge < -0.3 is 14.2 Å². The first-order valence-electron chi connectivity index (χ1n) is 12.1. The van der Waals surface area contributed by atoms with E-state index in [0.29, 0.717) is 36.0 Å². The van der Waals surface area contributed by atoms with Crippen molar-refractivity contribution in [2.75, 3.05) is 40.5 Å². The summed E-state index contributed by atoms with van der Waals surface area (Å²) in [6.07, 6.45) is 0.587. The molecule has 1 N–H and O–H groups in total. The molecule has 3 aromatic rings. The molecule has 0 aromatic heterocycles. The number of carbonyl (C=O) groups is 1. The van der Waals surface area contributed by atoms with Crippen molar-refractivity contribution in [3.05, 3.63) is 94.5 Å². The number of ether oxygens (including phenoxy) is 3. The molecule has 0 spiro atoms. The van der Waals surface area contributed by atoms with Crippen molar-refractivity contribution in [1.82, 2.24) is 10.2 Å². The van der Waals surface area contributed by atoms with E-state index in [2.05, 4.69) is 34.5 Å². The fraction of sp³-hybridized carbons (Fsp3) is 0.345. The first-order chi connectivity index (χ1) is 17.4. The number of esters is 1. The molecule has 0 radical (unpaired) electrons. The Kier molecular flexibility index (Phi) is 10.2. The minimum Gasteiger partial charge on any atom is -0.493 e. The van der Waals surface area contributed by atoms with Gasteiger partial charge in [0.1, 0.15) is 5.54 Å². The Hall–Kier alpha value is -2.77. The van der Waals surface area contributed by atoms with E-state index in [1.165, 1.54) is 5.56 Å². The van der Waals surface area contributed by atoms with Crippen LogP contribution in [0, 0.1) is 0 Å². The van der Waals surface area contributed by atoms with Crippen molar-refractivity contribution >= 4 is 30.0 Å². The number of methoxy groups -OCH3 is 2. The molecule has 0 aliphatic carbocycles. The topological polar surface area (TPSA) is 60.0 Å². The lowest BCUT2D eigenvalue weighted by Gasteiger charge is -2.43. The summed E-state index contributed by atoms with van der Waals surface area (Å²) >= 11 is 6.16. The van der Waals surface area contributed by atoms with Gasteiger partial charge >= 0.3 is 5.97 Å². The van der Waals surface area contributed by atoms with Gasteiger partial charge in [0.2, 0.25) is 0 Å². The molecule has 3 aromatic carbocycles. The molecule has 1 aliphatic rings. The molecular formula is C29H34Cl2N2O4. The molecule has 0 bridgehead atoms. The van der Waals surface area contributed by atoms with E-state index >= 15 is 0 Å². The number of halogens is 2. The zero-order valence-electron chi connectivity index (χ0n) is 21.4. The number of hydrogen-bond acceptors (Lipinski definition) is 6. The quantitative estimate of drug-likeness (QED) is 0.368. The van der Waals surface area contributed by atoms with E-state index in [1.807, 2.05) is 55.5 Å². The molecule has 198 valence electrons. The molecule has 1 fully saturated rings. The largest absolute Gasteiger partial charge is 0.493 e. The van der Waals surface area contributed by atoms with Crippen LogP contribution in [-0.4, -0.2) is 56.9 Å². The zero-order valence-corrected chi connectivity index (χ0v) is 23.0. The van der Waals surface area contributed by atoms with Gasteiger partial charge in [-0.2, -0.15) is 0 Å². The van der Waals surface area contributed by atoms with Crippen molar-refractivity contribution in [3.8, 4) is 11.5 Å². The Balaban J connectivity index is 0.00000380. The molecule has 2 unspecified atom stereocenters. The molecule has 37 heavy (non-hydrogen) atoms. The lowest BCUT2D eigenvalue weighted by molar-refractivity contribution is -0.153. The van der Waals surface area contributed by atoms with E-state index in [-0.39, 0.29) is 31.0 Å². The van der Waals surface area contributed by atoms with Crippen LogP contribution in [0.3, 0.4) is 0 Å². The Morgan fingerprint density at radius 2 is 1.68 bits per heavy atom. The minimum absolute atomic E-state index is 0. The zero-order chi connectivity index (χ0) is 25.5. The Bertz CT molecular complexity index is 1160. The summed E-state index contributed by atoms with van der Waals surface area (Å²) in [6.45, 7) is 4.20. The van der Waals surface area contributed by atoms with E-state index in [0.717, 1.165) is 17.7 Å². The van der Waals surface area contributed by atoms with Gasteiger partial charge in [-0.15, -0.1) is 12.4 Å². The van der Waals surface area contributed by atoms with E-state index < -0.39 is 5.54 Å². The highest BCUT2D eigenvalue weighted by Gasteiger charge is 2.41. The summed E-state index contributed by atoms with van der Waals surface area (Å²) in [5.74, 6) is 1.08. The van der Waals surface area contributed by atoms with Crippen LogP contribution >= 0.6 is 24.0 Å². The fourth-order valence-corrected chi connectivity index (χ4v) is 4.85. The van der Waals surface area contributed by atoms with Gasteiger partial charge in [0.15, 0.2) is 11.5 Å². The van der Waals surface area contributed by atoms with Crippen molar-refractivity contribution in [2.24, 2.45) is 0 Å². The van der Waals surface area contributed by atoms with Crippen LogP contribution in [0.15, 0.2) is 72.8 Å². The summed E-state index contributed by atoms with van der Waals surface area (Å²) < 4.78 is 16.4. The summed E-state index contributed by atoms with van der Waals surface area (Å²) in [7, 11) is 3.21. The summed E-state index contributed by atoms with van der Waals surface area (Å²) in [4.78, 5) is 15.6. The Labute approximate surface area is 230 Å². The Morgan fingerprint density at radius 3 is 2.35 bits per heavy atom. The highest BCUT2D eigenvalue weighted by molar-refractivity contribution is 6.30. The van der Waals surface area contributed by atoms with Gasteiger partial charge in [0, 0.05) is 31.1 Å². The summed E-state index contributed by atoms with van der Waals surface area (Å²) in [5, 5.41) is 4.10. The maximum atomic E-state index is 13.2. The smallest absolute Gasteiger partial charge is 0.327 e. The third kappa shape index (κ3) is 6.96. The average Bonchev–Trinajstić information content (AvgIpc) is 2.90. The molecule has 2 atom stereocenters. The molecule has 6 nitrogen and oxygen atoms in total. The van der Waals surface area contributed by atoms with Gasteiger partial charge in [-0.05, 0) is 47.9 Å². The molecule has 8 heteroatoms. The van der Waals surface area contributed by atoms with Crippen molar-refractivity contribution in [1.29, 1.82) is 0 Å². The van der Waals surface area contributed by atoms with Gasteiger partial charge in [0.25, 0.3) is 0 Å². The van der Waals surface area contributed by atoms with Crippen molar-refractivity contribution in [2.45, 2.75) is 24.9 Å². The van der Waals surface area contributed by atoms with E-state index in [4.69, 9.17) is 25.8 Å². The van der Waals surface area contributed by atoms with Gasteiger partial charge in [-0.1, -0.05) is 60.1 Å². The van der Waals surface area contributed by atoms with Crippen LogP contribution in [0.2, 0.25) is 5.02 Å². The number of piperazine rings is 1. The van der Waals surface area contributed by atoms with Crippen LogP contribution in [-0.2, 0) is 16.0 Å². The third-order valence-corrected chi connectivity index (χ3v) is 6.87. The maximum Gasteiger partial charge on any atom is 0.327 e. The molecule has 0 amide bonds. The number of hydrogen-bond donors (Lipinski definition) is 1. The second-order valence-electron chi connectivity index (χ2n) is 9.17. The van der Waals surface area contributed by atoms with Crippen molar-refractivity contribution in [3.63, 3.8) is 0 Å². The second-order valence-corrected chi connectivity index (χ2v) is 9.61. The lowest BCUT2D eigenvalue weighted by Crippen LogP contribution is -2.63. The summed E-state index contributed by atoms with van der Waals surface area (Å²) in [6, 6.07) is 24.0. The molecule has 1 heterocycles. The van der Waals surface area contributed by atoms with Crippen LogP contribution < -0.4 is 14.8 Å². The lowest BCUT2D eigenvalue weighted by atomic mass is 9.92. The minimum atomic E-state index is -0.824. The van der Waals surface area contributed by atoms with Crippen LogP contribution in [0.5, 0.6) is 11.5 Å². The standard InChI is InChI=1S/C29H33ClN2O4.ClH/c1-29(28(33)36-18-15-21-9-14-25(34-2)26(19-21)35-3)20-32(17-16-31-29)27(22-7-5-4-6-8-22)23-10-12-24(30)13-11-23;/h4-14,19,27,31H,15-18,20H2,1-3H3;1H. The fourth-order valence-electron chi connectivity index (χ4n) is 4.73. The van der Waals surface area contributed by atoms with Gasteiger partial charge in [-0.3, -0.25) is 15.0 Å². The SMILES string of the molecule is COc1ccc(CCOC(=O)C2(C)CN(C(c3ccccc3)c3ccc(Cl)cc3)CCN2)cc1OC.Cl. The molecule has 0 saturated carbocycles. The number of benzene rings is 3. The normalized spacial score (nSPS) is 18.4. The monoisotopic (exact) mass is 544 g/mol. The summed E-state index contributed by atoms with van der Waals surface area (Å²) in [5.41, 5.74) is 2.49. The third-order valence-electron chi connectivity index (χ3n) is 6.62. The van der Waals surface area contributed by atoms with Crippen LogP contribution in [0.1, 0.15) is 29.7 Å². The van der Waals surface area contributed by atoms with E-state index in [9.17, 15) is 4.79 Å². The van der Waals surface area contributed by atoms with Gasteiger partial charge in [0.05, 0.1) is 26.9 Å². The van der Waals surface area contributed by atoms with Crippen molar-refractivity contribution < 1.29 is 19.0 Å². The predicted octanol–water partition coefficient (Wildman–Crippen LogP) is 5.32. The van der Waals surface area contributed by atoms with Crippen LogP contribution in [0.25, 0.3) is 0 Å². The van der Waals surface area contributed by atoms with E-state index in [1.54, 1.807) is 14.2 Å². The highest BCUT2D eigenvalue weighted by atomic mass is 35.5. The number of nitrogens with zero attached hydrogens (tertiary/aromatic N) is 1. The first-order valence-corrected chi connectivity index (χ1v) is 12.5. The number of nitrogens with one attached hydrogen (secondary N) is 1. The number of carbonyl (C=O) groups excluding carboxylic acids is 1. The second kappa shape index (κ2) is 13.2. The molecule has 1 saturated heterocycles. The molecule has 4 rings (SSSR count). The predicted molar refractivity (Wildman–Crippen MR) is 149 cm³/mol. The molecular weight excluding hydrogens is 511 g/mol. The first kappa shape index (κ1) is 28.8. The number of rotatable bonds is 9. The Morgan fingerprint density at radius 1 is 1.00 bits per heavy atom. The maximum absolute atomic E-state index is 13.2. The van der Waals surface area contributed by atoms with Crippen LogP contribution in [0.4, 0.5) is 0 Å². The van der Waals surface area contributed by atoms with Gasteiger partial charge in [-0.25, -0.2) is 0 Å².